The third kappa shape index (κ3) is 3.40. The predicted octanol–water partition coefficient (Wildman–Crippen LogP) is 1.96. The summed E-state index contributed by atoms with van der Waals surface area (Å²) >= 11 is 0.737. The van der Waals surface area contributed by atoms with Crippen LogP contribution >= 0.6 is 11.3 Å². The number of aromatic nitrogens is 1. The average Bonchev–Trinajstić information content (AvgIpc) is 2.65. The summed E-state index contributed by atoms with van der Waals surface area (Å²) in [6.45, 7) is 5.15. The summed E-state index contributed by atoms with van der Waals surface area (Å²) in [5.41, 5.74) is 0. The lowest BCUT2D eigenvalue weighted by Gasteiger charge is -2.31. The highest BCUT2D eigenvalue weighted by molar-refractivity contribution is 7.11. The zero-order chi connectivity index (χ0) is 12.5. The quantitative estimate of drug-likeness (QED) is 0.886. The molecule has 0 aromatic carbocycles. The van der Waals surface area contributed by atoms with Crippen molar-refractivity contribution in [3.63, 3.8) is 0 Å². The van der Waals surface area contributed by atoms with E-state index >= 15 is 0 Å². The molecule has 0 amide bonds. The van der Waals surface area contributed by atoms with E-state index in [-0.39, 0.29) is 0 Å². The summed E-state index contributed by atoms with van der Waals surface area (Å²) in [7, 11) is 0. The summed E-state index contributed by atoms with van der Waals surface area (Å²) in [5.74, 6) is 0. The second-order valence-corrected chi connectivity index (χ2v) is 5.32. The molecule has 1 aliphatic heterocycles. The third-order valence-electron chi connectivity index (χ3n) is 2.64. The molecule has 1 aliphatic rings. The molecule has 17 heavy (non-hydrogen) atoms. The number of halogens is 3. The van der Waals surface area contributed by atoms with Crippen LogP contribution in [0.5, 0.6) is 0 Å². The Morgan fingerprint density at radius 1 is 1.59 bits per heavy atom. The molecule has 2 rings (SSSR count). The molecule has 0 spiro atoms. The van der Waals surface area contributed by atoms with Crippen molar-refractivity contribution in [3.05, 3.63) is 16.1 Å². The molecular formula is C10H14F3N3S. The summed E-state index contributed by atoms with van der Waals surface area (Å²) in [6, 6.07) is 0.380. The molecule has 0 aliphatic carbocycles. The number of hydrogen-bond donors (Lipinski definition) is 1. The molecule has 3 nitrogen and oxygen atoms in total. The second-order valence-electron chi connectivity index (χ2n) is 4.21. The fourth-order valence-corrected chi connectivity index (χ4v) is 2.69. The van der Waals surface area contributed by atoms with Crippen molar-refractivity contribution in [1.82, 2.24) is 15.2 Å². The van der Waals surface area contributed by atoms with Gasteiger partial charge in [-0.05, 0) is 6.92 Å². The van der Waals surface area contributed by atoms with E-state index in [1.165, 1.54) is 0 Å². The van der Waals surface area contributed by atoms with Crippen LogP contribution in [0.1, 0.15) is 16.8 Å². The van der Waals surface area contributed by atoms with Gasteiger partial charge in [0.1, 0.15) is 9.88 Å². The molecule has 2 heterocycles. The van der Waals surface area contributed by atoms with Crippen LogP contribution in [0.3, 0.4) is 0 Å². The molecule has 0 unspecified atom stereocenters. The summed E-state index contributed by atoms with van der Waals surface area (Å²) in [5, 5.41) is 3.82. The Kier molecular flexibility index (Phi) is 3.70. The molecule has 0 saturated carbocycles. The Labute approximate surface area is 102 Å². The van der Waals surface area contributed by atoms with Gasteiger partial charge in [-0.2, -0.15) is 13.2 Å². The molecule has 1 atom stereocenters. The first-order chi connectivity index (χ1) is 7.95. The van der Waals surface area contributed by atoms with Gasteiger partial charge in [0, 0.05) is 25.7 Å². The molecule has 1 fully saturated rings. The van der Waals surface area contributed by atoms with E-state index < -0.39 is 11.1 Å². The largest absolute Gasteiger partial charge is 0.427 e. The van der Waals surface area contributed by atoms with Gasteiger partial charge >= 0.3 is 6.18 Å². The molecule has 96 valence electrons. The molecule has 1 saturated heterocycles. The van der Waals surface area contributed by atoms with Crippen molar-refractivity contribution in [2.45, 2.75) is 25.7 Å². The summed E-state index contributed by atoms with van der Waals surface area (Å²) in [4.78, 5) is 5.35. The first-order valence-electron chi connectivity index (χ1n) is 5.43. The predicted molar refractivity (Wildman–Crippen MR) is 59.9 cm³/mol. The number of rotatable bonds is 2. The van der Waals surface area contributed by atoms with Crippen molar-refractivity contribution in [3.8, 4) is 0 Å². The van der Waals surface area contributed by atoms with Gasteiger partial charge in [-0.3, -0.25) is 4.90 Å². The van der Waals surface area contributed by atoms with E-state index in [0.29, 0.717) is 17.6 Å². The molecule has 0 bridgehead atoms. The van der Waals surface area contributed by atoms with E-state index in [1.54, 1.807) is 0 Å². The van der Waals surface area contributed by atoms with Crippen molar-refractivity contribution < 1.29 is 13.2 Å². The minimum Gasteiger partial charge on any atom is -0.312 e. The van der Waals surface area contributed by atoms with Crippen LogP contribution in [0.25, 0.3) is 0 Å². The van der Waals surface area contributed by atoms with Crippen LogP contribution in [0.15, 0.2) is 6.20 Å². The summed E-state index contributed by atoms with van der Waals surface area (Å²) in [6.07, 6.45) is -3.35. The van der Waals surface area contributed by atoms with Crippen molar-refractivity contribution in [1.29, 1.82) is 0 Å². The first kappa shape index (κ1) is 12.8. The minimum absolute atomic E-state index is 0.380. The number of hydrogen-bond acceptors (Lipinski definition) is 4. The van der Waals surface area contributed by atoms with E-state index in [1.807, 2.05) is 0 Å². The Balaban J connectivity index is 1.97. The summed E-state index contributed by atoms with van der Waals surface area (Å²) < 4.78 is 37.2. The van der Waals surface area contributed by atoms with Crippen molar-refractivity contribution >= 4 is 11.3 Å². The maximum atomic E-state index is 12.4. The van der Waals surface area contributed by atoms with Gasteiger partial charge in [-0.15, -0.1) is 11.3 Å². The van der Waals surface area contributed by atoms with Crippen LogP contribution in [-0.4, -0.2) is 35.6 Å². The first-order valence-corrected chi connectivity index (χ1v) is 6.24. The highest BCUT2D eigenvalue weighted by atomic mass is 32.1. The van der Waals surface area contributed by atoms with E-state index in [0.717, 1.165) is 37.2 Å². The molecule has 7 heteroatoms. The van der Waals surface area contributed by atoms with E-state index in [2.05, 4.69) is 22.1 Å². The maximum Gasteiger partial charge on any atom is 0.427 e. The average molecular weight is 265 g/mol. The Bertz CT molecular complexity index is 377. The lowest BCUT2D eigenvalue weighted by Crippen LogP contribution is -2.48. The number of nitrogens with one attached hydrogen (secondary N) is 1. The fraction of sp³-hybridized carbons (Fsp3) is 0.700. The van der Waals surface area contributed by atoms with Crippen molar-refractivity contribution in [2.75, 3.05) is 19.6 Å². The van der Waals surface area contributed by atoms with Gasteiger partial charge in [0.2, 0.25) is 0 Å². The molecular weight excluding hydrogens is 251 g/mol. The lowest BCUT2D eigenvalue weighted by atomic mass is 10.2. The maximum absolute atomic E-state index is 12.4. The second kappa shape index (κ2) is 4.91. The van der Waals surface area contributed by atoms with Gasteiger partial charge in [0.05, 0.1) is 12.7 Å². The number of piperazine rings is 1. The Hall–Kier alpha value is -0.660. The van der Waals surface area contributed by atoms with Crippen molar-refractivity contribution in [2.24, 2.45) is 0 Å². The highest BCUT2D eigenvalue weighted by Crippen LogP contribution is 2.33. The van der Waals surface area contributed by atoms with Gasteiger partial charge < -0.3 is 5.32 Å². The van der Waals surface area contributed by atoms with E-state index in [9.17, 15) is 13.2 Å². The fourth-order valence-electron chi connectivity index (χ4n) is 1.86. The molecule has 0 radical (unpaired) electrons. The SMILES string of the molecule is C[C@H]1CN(Cc2ncc(C(F)(F)F)s2)CCN1. The normalized spacial score (nSPS) is 22.9. The smallest absolute Gasteiger partial charge is 0.312 e. The Morgan fingerprint density at radius 3 is 2.94 bits per heavy atom. The van der Waals surface area contributed by atoms with Gasteiger partial charge in [-0.25, -0.2) is 4.98 Å². The van der Waals surface area contributed by atoms with E-state index in [4.69, 9.17) is 0 Å². The Morgan fingerprint density at radius 2 is 2.35 bits per heavy atom. The third-order valence-corrected chi connectivity index (χ3v) is 3.67. The monoisotopic (exact) mass is 265 g/mol. The molecule has 1 aromatic heterocycles. The molecule has 1 N–H and O–H groups in total. The van der Waals surface area contributed by atoms with Crippen LogP contribution in [0.2, 0.25) is 0 Å². The number of alkyl halides is 3. The minimum atomic E-state index is -4.27. The van der Waals surface area contributed by atoms with Gasteiger partial charge in [0.25, 0.3) is 0 Å². The number of nitrogens with zero attached hydrogens (tertiary/aromatic N) is 2. The lowest BCUT2D eigenvalue weighted by molar-refractivity contribution is -0.134. The van der Waals surface area contributed by atoms with Crippen LogP contribution in [0, 0.1) is 0 Å². The number of thiazole rings is 1. The van der Waals surface area contributed by atoms with Gasteiger partial charge in [-0.1, -0.05) is 0 Å². The zero-order valence-corrected chi connectivity index (χ0v) is 10.2. The zero-order valence-electron chi connectivity index (χ0n) is 9.42. The highest BCUT2D eigenvalue weighted by Gasteiger charge is 2.33. The van der Waals surface area contributed by atoms with Crippen LogP contribution in [-0.2, 0) is 12.7 Å². The standard InChI is InChI=1S/C10H14F3N3S/c1-7-5-16(3-2-14-7)6-9-15-4-8(17-9)10(11,12)13/h4,7,14H,2-3,5-6H2,1H3/t7-/m0/s1. The van der Waals surface area contributed by atoms with Crippen LogP contribution < -0.4 is 5.32 Å². The molecule has 1 aromatic rings. The van der Waals surface area contributed by atoms with Gasteiger partial charge in [0.15, 0.2) is 0 Å². The topological polar surface area (TPSA) is 28.2 Å². The van der Waals surface area contributed by atoms with Crippen LogP contribution in [0.4, 0.5) is 13.2 Å².